The van der Waals surface area contributed by atoms with Crippen LogP contribution in [0, 0.1) is 12.8 Å². The number of rotatable bonds is 6. The zero-order valence-corrected chi connectivity index (χ0v) is 11.5. The van der Waals surface area contributed by atoms with Crippen LogP contribution < -0.4 is 10.1 Å². The number of aryl methyl sites for hydroxylation is 1. The number of aliphatic hydroxyl groups is 1. The predicted octanol–water partition coefficient (Wildman–Crippen LogP) is 1.43. The molecular formula is C15H21NO3. The molecule has 104 valence electrons. The van der Waals surface area contributed by atoms with Crippen LogP contribution in [-0.4, -0.2) is 30.8 Å². The Morgan fingerprint density at radius 1 is 1.53 bits per heavy atom. The van der Waals surface area contributed by atoms with Crippen molar-refractivity contribution in [2.45, 2.75) is 32.3 Å². The summed E-state index contributed by atoms with van der Waals surface area (Å²) in [7, 11) is 1.62. The molecule has 1 unspecified atom stereocenters. The maximum atomic E-state index is 11.8. The summed E-state index contributed by atoms with van der Waals surface area (Å²) in [5, 5.41) is 12.5. The lowest BCUT2D eigenvalue weighted by atomic mass is 10.1. The Kier molecular flexibility index (Phi) is 4.43. The highest BCUT2D eigenvalue weighted by Crippen LogP contribution is 2.32. The van der Waals surface area contributed by atoms with Gasteiger partial charge >= 0.3 is 0 Å². The Balaban J connectivity index is 1.84. The number of ether oxygens (including phenoxy) is 1. The standard InChI is InChI=1S/C15H21NO3/c1-10-3-4-11(7-14(10)19-2)8-15(18)16-9-13(17)12-5-6-12/h3-4,7,12-13,17H,5-6,8-9H2,1-2H3,(H,16,18). The van der Waals surface area contributed by atoms with Crippen molar-refractivity contribution in [1.82, 2.24) is 5.32 Å². The van der Waals surface area contributed by atoms with E-state index in [4.69, 9.17) is 4.74 Å². The molecule has 0 aromatic heterocycles. The molecule has 1 aliphatic rings. The molecule has 0 bridgehead atoms. The van der Waals surface area contributed by atoms with Gasteiger partial charge in [-0.25, -0.2) is 0 Å². The monoisotopic (exact) mass is 263 g/mol. The summed E-state index contributed by atoms with van der Waals surface area (Å²) in [5.41, 5.74) is 1.97. The quantitative estimate of drug-likeness (QED) is 0.816. The normalized spacial score (nSPS) is 15.9. The summed E-state index contributed by atoms with van der Waals surface area (Å²) in [5.74, 6) is 1.12. The van der Waals surface area contributed by atoms with Gasteiger partial charge in [-0.05, 0) is 42.9 Å². The van der Waals surface area contributed by atoms with E-state index in [1.54, 1.807) is 7.11 Å². The highest BCUT2D eigenvalue weighted by atomic mass is 16.5. The first-order chi connectivity index (χ1) is 9.10. The molecule has 0 saturated heterocycles. The first-order valence-corrected chi connectivity index (χ1v) is 6.68. The van der Waals surface area contributed by atoms with E-state index in [0.29, 0.717) is 18.9 Å². The van der Waals surface area contributed by atoms with E-state index in [1.807, 2.05) is 25.1 Å². The topological polar surface area (TPSA) is 58.6 Å². The predicted molar refractivity (Wildman–Crippen MR) is 73.2 cm³/mol. The van der Waals surface area contributed by atoms with Crippen LogP contribution >= 0.6 is 0 Å². The Hall–Kier alpha value is -1.55. The minimum atomic E-state index is -0.392. The minimum absolute atomic E-state index is 0.0643. The highest BCUT2D eigenvalue weighted by Gasteiger charge is 2.29. The first kappa shape index (κ1) is 13.9. The number of aliphatic hydroxyl groups excluding tert-OH is 1. The fourth-order valence-corrected chi connectivity index (χ4v) is 2.09. The van der Waals surface area contributed by atoms with Crippen molar-refractivity contribution in [1.29, 1.82) is 0 Å². The van der Waals surface area contributed by atoms with Crippen LogP contribution in [0.15, 0.2) is 18.2 Å². The van der Waals surface area contributed by atoms with Crippen molar-refractivity contribution in [2.75, 3.05) is 13.7 Å². The van der Waals surface area contributed by atoms with Crippen molar-refractivity contribution in [2.24, 2.45) is 5.92 Å². The zero-order valence-electron chi connectivity index (χ0n) is 11.5. The average molecular weight is 263 g/mol. The third-order valence-electron chi connectivity index (χ3n) is 3.51. The molecule has 0 aliphatic heterocycles. The fraction of sp³-hybridized carbons (Fsp3) is 0.533. The molecule has 0 radical (unpaired) electrons. The van der Waals surface area contributed by atoms with E-state index in [2.05, 4.69) is 5.32 Å². The van der Waals surface area contributed by atoms with Gasteiger partial charge in [-0.15, -0.1) is 0 Å². The summed E-state index contributed by atoms with van der Waals surface area (Å²) in [4.78, 5) is 11.8. The SMILES string of the molecule is COc1cc(CC(=O)NCC(O)C2CC2)ccc1C. The van der Waals surface area contributed by atoms with Crippen molar-refractivity contribution in [3.8, 4) is 5.75 Å². The third kappa shape index (κ3) is 3.96. The Bertz CT molecular complexity index is 455. The van der Waals surface area contributed by atoms with Crippen LogP contribution in [0.1, 0.15) is 24.0 Å². The number of benzene rings is 1. The van der Waals surface area contributed by atoms with Crippen molar-refractivity contribution >= 4 is 5.91 Å². The summed E-state index contributed by atoms with van der Waals surface area (Å²) < 4.78 is 5.23. The summed E-state index contributed by atoms with van der Waals surface area (Å²) >= 11 is 0. The smallest absolute Gasteiger partial charge is 0.224 e. The molecule has 1 atom stereocenters. The lowest BCUT2D eigenvalue weighted by molar-refractivity contribution is -0.120. The Morgan fingerprint density at radius 3 is 2.89 bits per heavy atom. The van der Waals surface area contributed by atoms with Gasteiger partial charge in [-0.2, -0.15) is 0 Å². The minimum Gasteiger partial charge on any atom is -0.496 e. The molecule has 4 heteroatoms. The van der Waals surface area contributed by atoms with Crippen LogP contribution in [0.5, 0.6) is 5.75 Å². The second-order valence-electron chi connectivity index (χ2n) is 5.19. The molecule has 4 nitrogen and oxygen atoms in total. The van der Waals surface area contributed by atoms with Crippen molar-refractivity contribution in [3.05, 3.63) is 29.3 Å². The number of carbonyl (C=O) groups is 1. The third-order valence-corrected chi connectivity index (χ3v) is 3.51. The lowest BCUT2D eigenvalue weighted by Gasteiger charge is -2.11. The van der Waals surface area contributed by atoms with Gasteiger partial charge in [0.15, 0.2) is 0 Å². The molecule has 0 spiro atoms. The second kappa shape index (κ2) is 6.06. The van der Waals surface area contributed by atoms with Gasteiger partial charge in [-0.3, -0.25) is 4.79 Å². The largest absolute Gasteiger partial charge is 0.496 e. The van der Waals surface area contributed by atoms with Gasteiger partial charge in [-0.1, -0.05) is 12.1 Å². The van der Waals surface area contributed by atoms with Crippen LogP contribution in [0.3, 0.4) is 0 Å². The fourth-order valence-electron chi connectivity index (χ4n) is 2.09. The summed E-state index contributed by atoms with van der Waals surface area (Å²) in [6.45, 7) is 2.32. The van der Waals surface area contributed by atoms with Gasteiger partial charge < -0.3 is 15.2 Å². The van der Waals surface area contributed by atoms with E-state index >= 15 is 0 Å². The molecule has 1 saturated carbocycles. The molecule has 1 aromatic rings. The van der Waals surface area contributed by atoms with Gasteiger partial charge in [0, 0.05) is 6.54 Å². The number of hydrogen-bond donors (Lipinski definition) is 2. The van der Waals surface area contributed by atoms with E-state index in [9.17, 15) is 9.90 Å². The number of methoxy groups -OCH3 is 1. The molecule has 19 heavy (non-hydrogen) atoms. The number of hydrogen-bond acceptors (Lipinski definition) is 3. The van der Waals surface area contributed by atoms with E-state index < -0.39 is 6.10 Å². The molecule has 0 heterocycles. The molecule has 1 aliphatic carbocycles. The highest BCUT2D eigenvalue weighted by molar-refractivity contribution is 5.78. The van der Waals surface area contributed by atoms with Crippen molar-refractivity contribution in [3.63, 3.8) is 0 Å². The summed E-state index contributed by atoms with van der Waals surface area (Å²) in [6, 6.07) is 5.75. The van der Waals surface area contributed by atoms with E-state index in [1.165, 1.54) is 0 Å². The molecule has 1 amide bonds. The lowest BCUT2D eigenvalue weighted by Crippen LogP contribution is -2.34. The molecule has 1 aromatic carbocycles. The maximum absolute atomic E-state index is 11.8. The molecular weight excluding hydrogens is 242 g/mol. The van der Waals surface area contributed by atoms with Crippen LogP contribution in [0.4, 0.5) is 0 Å². The number of carbonyl (C=O) groups excluding carboxylic acids is 1. The number of amides is 1. The molecule has 2 N–H and O–H groups in total. The average Bonchev–Trinajstić information content (AvgIpc) is 3.22. The van der Waals surface area contributed by atoms with Crippen LogP contribution in [0.25, 0.3) is 0 Å². The van der Waals surface area contributed by atoms with Gasteiger partial charge in [0.25, 0.3) is 0 Å². The van der Waals surface area contributed by atoms with E-state index in [0.717, 1.165) is 29.7 Å². The van der Waals surface area contributed by atoms with E-state index in [-0.39, 0.29) is 5.91 Å². The second-order valence-corrected chi connectivity index (χ2v) is 5.19. The summed E-state index contributed by atoms with van der Waals surface area (Å²) in [6.07, 6.45) is 2.07. The van der Waals surface area contributed by atoms with Crippen molar-refractivity contribution < 1.29 is 14.6 Å². The first-order valence-electron chi connectivity index (χ1n) is 6.68. The molecule has 2 rings (SSSR count). The Labute approximate surface area is 113 Å². The molecule has 1 fully saturated rings. The Morgan fingerprint density at radius 2 is 2.26 bits per heavy atom. The van der Waals surface area contributed by atoms with Crippen LogP contribution in [-0.2, 0) is 11.2 Å². The van der Waals surface area contributed by atoms with Gasteiger partial charge in [0.2, 0.25) is 5.91 Å². The maximum Gasteiger partial charge on any atom is 0.224 e. The zero-order chi connectivity index (χ0) is 13.8. The van der Waals surface area contributed by atoms with Crippen LogP contribution in [0.2, 0.25) is 0 Å². The van der Waals surface area contributed by atoms with Gasteiger partial charge in [0.05, 0.1) is 19.6 Å². The number of nitrogens with one attached hydrogen (secondary N) is 1. The van der Waals surface area contributed by atoms with Gasteiger partial charge in [0.1, 0.15) is 5.75 Å².